The molecule has 132 valence electrons. The normalized spacial score (nSPS) is 17.8. The summed E-state index contributed by atoms with van der Waals surface area (Å²) in [6.07, 6.45) is 5.43. The molecular weight excluding hydrogens is 336 g/mol. The standard InChI is InChI=1S/C19H23ClN4O/c1-23(2)13-17(25)24-10-4-6-15(12-24)19-18(21-8-9-22-19)14-5-3-7-16(20)11-14/h3,5,7-9,11,15H,4,6,10,12-13H2,1-2H3. The van der Waals surface area contributed by atoms with E-state index in [0.29, 0.717) is 18.1 Å². The predicted octanol–water partition coefficient (Wildman–Crippen LogP) is 3.06. The number of halogens is 1. The molecule has 25 heavy (non-hydrogen) atoms. The van der Waals surface area contributed by atoms with Crippen LogP contribution in [0.25, 0.3) is 11.3 Å². The fourth-order valence-electron chi connectivity index (χ4n) is 3.30. The maximum atomic E-state index is 12.4. The number of aromatic nitrogens is 2. The van der Waals surface area contributed by atoms with Crippen molar-refractivity contribution in [3.8, 4) is 11.3 Å². The minimum Gasteiger partial charge on any atom is -0.341 e. The molecule has 1 aromatic carbocycles. The van der Waals surface area contributed by atoms with Gasteiger partial charge in [0.2, 0.25) is 5.91 Å². The number of benzene rings is 1. The predicted molar refractivity (Wildman–Crippen MR) is 99.6 cm³/mol. The lowest BCUT2D eigenvalue weighted by Crippen LogP contribution is -2.43. The van der Waals surface area contributed by atoms with Gasteiger partial charge in [0.15, 0.2) is 0 Å². The van der Waals surface area contributed by atoms with Crippen LogP contribution >= 0.6 is 11.6 Å². The highest BCUT2D eigenvalue weighted by Gasteiger charge is 2.28. The van der Waals surface area contributed by atoms with E-state index in [0.717, 1.165) is 36.3 Å². The van der Waals surface area contributed by atoms with Crippen molar-refractivity contribution < 1.29 is 4.79 Å². The third-order valence-corrected chi connectivity index (χ3v) is 4.67. The lowest BCUT2D eigenvalue weighted by Gasteiger charge is -2.33. The van der Waals surface area contributed by atoms with Crippen LogP contribution in [0.15, 0.2) is 36.7 Å². The van der Waals surface area contributed by atoms with E-state index in [9.17, 15) is 4.79 Å². The van der Waals surface area contributed by atoms with Crippen molar-refractivity contribution in [1.82, 2.24) is 19.8 Å². The number of piperidine rings is 1. The van der Waals surface area contributed by atoms with E-state index < -0.39 is 0 Å². The molecule has 0 saturated carbocycles. The minimum atomic E-state index is 0.169. The number of likely N-dealkylation sites (N-methyl/N-ethyl adjacent to an activating group) is 1. The number of rotatable bonds is 4. The molecule has 5 nitrogen and oxygen atoms in total. The Kier molecular flexibility index (Phi) is 5.66. The highest BCUT2D eigenvalue weighted by atomic mass is 35.5. The summed E-state index contributed by atoms with van der Waals surface area (Å²) < 4.78 is 0. The fourth-order valence-corrected chi connectivity index (χ4v) is 3.49. The van der Waals surface area contributed by atoms with Crippen molar-refractivity contribution >= 4 is 17.5 Å². The summed E-state index contributed by atoms with van der Waals surface area (Å²) >= 11 is 6.14. The van der Waals surface area contributed by atoms with Crippen LogP contribution < -0.4 is 0 Å². The molecule has 2 aromatic rings. The van der Waals surface area contributed by atoms with Crippen LogP contribution in [-0.2, 0) is 4.79 Å². The zero-order chi connectivity index (χ0) is 17.8. The topological polar surface area (TPSA) is 49.3 Å². The van der Waals surface area contributed by atoms with Crippen LogP contribution in [0, 0.1) is 0 Å². The number of hydrogen-bond acceptors (Lipinski definition) is 4. The first-order valence-corrected chi connectivity index (χ1v) is 8.91. The zero-order valence-corrected chi connectivity index (χ0v) is 15.4. The van der Waals surface area contributed by atoms with Gasteiger partial charge in [-0.05, 0) is 39.1 Å². The molecule has 1 aliphatic rings. The van der Waals surface area contributed by atoms with Crippen LogP contribution in [-0.4, -0.2) is 59.4 Å². The Morgan fingerprint density at radius 3 is 2.88 bits per heavy atom. The van der Waals surface area contributed by atoms with Crippen molar-refractivity contribution in [3.05, 3.63) is 47.4 Å². The second-order valence-corrected chi connectivity index (χ2v) is 7.15. The quantitative estimate of drug-likeness (QED) is 0.842. The number of carbonyl (C=O) groups is 1. The molecule has 1 aliphatic heterocycles. The fraction of sp³-hybridized carbons (Fsp3) is 0.421. The summed E-state index contributed by atoms with van der Waals surface area (Å²) in [6.45, 7) is 1.95. The van der Waals surface area contributed by atoms with Gasteiger partial charge in [0.25, 0.3) is 0 Å². The van der Waals surface area contributed by atoms with Crippen molar-refractivity contribution in [2.24, 2.45) is 0 Å². The van der Waals surface area contributed by atoms with E-state index in [1.165, 1.54) is 0 Å². The molecule has 1 aromatic heterocycles. The Morgan fingerprint density at radius 1 is 1.32 bits per heavy atom. The van der Waals surface area contributed by atoms with Gasteiger partial charge in [0.05, 0.1) is 17.9 Å². The van der Waals surface area contributed by atoms with Gasteiger partial charge in [-0.3, -0.25) is 14.8 Å². The Labute approximate surface area is 153 Å². The molecular formula is C19H23ClN4O. The van der Waals surface area contributed by atoms with Crippen molar-refractivity contribution in [1.29, 1.82) is 0 Å². The smallest absolute Gasteiger partial charge is 0.236 e. The molecule has 1 saturated heterocycles. The molecule has 0 aliphatic carbocycles. The molecule has 0 radical (unpaired) electrons. The molecule has 1 unspecified atom stereocenters. The van der Waals surface area contributed by atoms with Crippen molar-refractivity contribution in [2.45, 2.75) is 18.8 Å². The SMILES string of the molecule is CN(C)CC(=O)N1CCCC(c2nccnc2-c2cccc(Cl)c2)C1. The highest BCUT2D eigenvalue weighted by Crippen LogP contribution is 2.32. The average Bonchev–Trinajstić information content (AvgIpc) is 2.61. The summed E-state index contributed by atoms with van der Waals surface area (Å²) in [5.41, 5.74) is 2.77. The molecule has 1 atom stereocenters. The summed E-state index contributed by atoms with van der Waals surface area (Å²) in [5.74, 6) is 0.366. The van der Waals surface area contributed by atoms with Crippen molar-refractivity contribution in [3.63, 3.8) is 0 Å². The maximum Gasteiger partial charge on any atom is 0.236 e. The van der Waals surface area contributed by atoms with E-state index >= 15 is 0 Å². The number of hydrogen-bond donors (Lipinski definition) is 0. The van der Waals surface area contributed by atoms with Gasteiger partial charge >= 0.3 is 0 Å². The monoisotopic (exact) mass is 358 g/mol. The van der Waals surface area contributed by atoms with E-state index in [-0.39, 0.29) is 11.8 Å². The Hall–Kier alpha value is -1.98. The summed E-state index contributed by atoms with van der Waals surface area (Å²) in [4.78, 5) is 25.4. The molecule has 6 heteroatoms. The zero-order valence-electron chi connectivity index (χ0n) is 14.7. The number of carbonyl (C=O) groups excluding carboxylic acids is 1. The molecule has 1 amide bonds. The third kappa shape index (κ3) is 4.35. The van der Waals surface area contributed by atoms with Crippen molar-refractivity contribution in [2.75, 3.05) is 33.7 Å². The molecule has 2 heterocycles. The van der Waals surface area contributed by atoms with Gasteiger partial charge in [0, 0.05) is 42.0 Å². The summed E-state index contributed by atoms with van der Waals surface area (Å²) in [6, 6.07) is 7.68. The number of nitrogens with zero attached hydrogens (tertiary/aromatic N) is 4. The van der Waals surface area contributed by atoms with Gasteiger partial charge < -0.3 is 9.80 Å². The van der Waals surface area contributed by atoms with E-state index in [2.05, 4.69) is 9.97 Å². The molecule has 1 fully saturated rings. The minimum absolute atomic E-state index is 0.169. The second kappa shape index (κ2) is 7.93. The Balaban J connectivity index is 1.85. The van der Waals surface area contributed by atoms with Gasteiger partial charge in [0.1, 0.15) is 0 Å². The summed E-state index contributed by atoms with van der Waals surface area (Å²) in [5, 5.41) is 0.681. The van der Waals surface area contributed by atoms with E-state index in [1.807, 2.05) is 48.2 Å². The van der Waals surface area contributed by atoms with Gasteiger partial charge in [-0.15, -0.1) is 0 Å². The van der Waals surface area contributed by atoms with Gasteiger partial charge in [-0.25, -0.2) is 0 Å². The van der Waals surface area contributed by atoms with Gasteiger partial charge in [-0.2, -0.15) is 0 Å². The van der Waals surface area contributed by atoms with Gasteiger partial charge in [-0.1, -0.05) is 23.7 Å². The Bertz CT molecular complexity index is 750. The van der Waals surface area contributed by atoms with Crippen LogP contribution in [0.5, 0.6) is 0 Å². The van der Waals surface area contributed by atoms with Crippen LogP contribution in [0.2, 0.25) is 5.02 Å². The van der Waals surface area contributed by atoms with Crippen LogP contribution in [0.1, 0.15) is 24.5 Å². The first-order chi connectivity index (χ1) is 12.0. The average molecular weight is 359 g/mol. The largest absolute Gasteiger partial charge is 0.341 e. The molecule has 3 rings (SSSR count). The Morgan fingerprint density at radius 2 is 2.12 bits per heavy atom. The van der Waals surface area contributed by atoms with Crippen LogP contribution in [0.3, 0.4) is 0 Å². The lowest BCUT2D eigenvalue weighted by molar-refractivity contribution is -0.133. The highest BCUT2D eigenvalue weighted by molar-refractivity contribution is 6.30. The number of likely N-dealkylation sites (tertiary alicyclic amines) is 1. The first kappa shape index (κ1) is 17.8. The third-order valence-electron chi connectivity index (χ3n) is 4.44. The maximum absolute atomic E-state index is 12.4. The first-order valence-electron chi connectivity index (χ1n) is 8.54. The van der Waals surface area contributed by atoms with E-state index in [1.54, 1.807) is 12.4 Å². The lowest BCUT2D eigenvalue weighted by atomic mass is 9.91. The molecule has 0 N–H and O–H groups in total. The summed E-state index contributed by atoms with van der Waals surface area (Å²) in [7, 11) is 3.83. The molecule has 0 bridgehead atoms. The van der Waals surface area contributed by atoms with E-state index in [4.69, 9.17) is 11.6 Å². The second-order valence-electron chi connectivity index (χ2n) is 6.72. The molecule has 0 spiro atoms. The van der Waals surface area contributed by atoms with Crippen LogP contribution in [0.4, 0.5) is 0 Å². The number of amides is 1.